The monoisotopic (exact) mass is 334 g/mol. The smallest absolute Gasteiger partial charge is 0.187 e. The fraction of sp³-hybridized carbons (Fsp3) is 0.125. The molecule has 1 aliphatic rings. The quantitative estimate of drug-likeness (QED) is 0.793. The normalized spacial score (nSPS) is 20.9. The van der Waals surface area contributed by atoms with Gasteiger partial charge in [0.2, 0.25) is 0 Å². The Balaban J connectivity index is 2.00. The van der Waals surface area contributed by atoms with Crippen LogP contribution in [0.3, 0.4) is 0 Å². The van der Waals surface area contributed by atoms with E-state index in [0.29, 0.717) is 16.7 Å². The first-order valence-corrected chi connectivity index (χ1v) is 8.72. The fourth-order valence-corrected chi connectivity index (χ4v) is 3.11. The fourth-order valence-electron chi connectivity index (χ4n) is 2.48. The van der Waals surface area contributed by atoms with Crippen molar-refractivity contribution in [1.29, 1.82) is 0 Å². The molecule has 0 saturated carbocycles. The Labute approximate surface area is 133 Å². The van der Waals surface area contributed by atoms with Crippen LogP contribution in [0.4, 0.5) is 4.39 Å². The molecule has 0 saturated heterocycles. The Morgan fingerprint density at radius 3 is 2.22 bits per heavy atom. The van der Waals surface area contributed by atoms with Crippen molar-refractivity contribution in [1.82, 2.24) is 10.9 Å². The Morgan fingerprint density at radius 2 is 1.65 bits per heavy atom. The number of hydrazine groups is 1. The van der Waals surface area contributed by atoms with Crippen molar-refractivity contribution in [3.8, 4) is 0 Å². The number of hydrogen-bond donors (Lipinski definition) is 3. The van der Waals surface area contributed by atoms with E-state index < -0.39 is 15.6 Å². The zero-order valence-electron chi connectivity index (χ0n) is 12.2. The number of hydrogen-bond acceptors (Lipinski definition) is 5. The Hall–Kier alpha value is -2.22. The highest BCUT2D eigenvalue weighted by atomic mass is 32.2. The minimum atomic E-state index is -3.31. The van der Waals surface area contributed by atoms with Crippen LogP contribution in [0.5, 0.6) is 0 Å². The van der Waals surface area contributed by atoms with Gasteiger partial charge in [0.15, 0.2) is 15.6 Å². The van der Waals surface area contributed by atoms with Gasteiger partial charge in [0, 0.05) is 23.6 Å². The van der Waals surface area contributed by atoms with Gasteiger partial charge in [0.05, 0.1) is 4.90 Å². The van der Waals surface area contributed by atoms with Gasteiger partial charge in [-0.25, -0.2) is 12.8 Å². The van der Waals surface area contributed by atoms with Crippen LogP contribution in [0.15, 0.2) is 59.6 Å². The Kier molecular flexibility index (Phi) is 3.71. The van der Waals surface area contributed by atoms with E-state index >= 15 is 0 Å². The molecule has 23 heavy (non-hydrogen) atoms. The molecule has 2 aromatic carbocycles. The Bertz CT molecular complexity index is 861. The summed E-state index contributed by atoms with van der Waals surface area (Å²) in [5.74, 6) is -0.366. The van der Waals surface area contributed by atoms with Gasteiger partial charge in [-0.3, -0.25) is 0 Å². The molecule has 2 aromatic rings. The van der Waals surface area contributed by atoms with Crippen LogP contribution in [0.2, 0.25) is 0 Å². The SMILES string of the molecule is CS(=O)(=O)c1ccc(C2(O)NNC=C2c2ccc(F)cc2)cc1. The molecule has 0 radical (unpaired) electrons. The maximum absolute atomic E-state index is 13.1. The maximum Gasteiger partial charge on any atom is 0.187 e. The number of sulfone groups is 1. The van der Waals surface area contributed by atoms with Gasteiger partial charge < -0.3 is 10.5 Å². The maximum atomic E-state index is 13.1. The molecular formula is C16H15FN2O3S. The molecule has 5 nitrogen and oxygen atoms in total. The van der Waals surface area contributed by atoms with Crippen LogP contribution in [-0.2, 0) is 15.6 Å². The number of benzene rings is 2. The second-order valence-electron chi connectivity index (χ2n) is 5.34. The number of halogens is 1. The van der Waals surface area contributed by atoms with Crippen LogP contribution in [0.25, 0.3) is 5.57 Å². The molecule has 0 aliphatic carbocycles. The van der Waals surface area contributed by atoms with E-state index in [1.54, 1.807) is 18.3 Å². The van der Waals surface area contributed by atoms with Crippen LogP contribution >= 0.6 is 0 Å². The average Bonchev–Trinajstić information content (AvgIpc) is 2.91. The molecule has 1 atom stereocenters. The van der Waals surface area contributed by atoms with E-state index in [1.807, 2.05) is 0 Å². The van der Waals surface area contributed by atoms with Crippen molar-refractivity contribution in [2.24, 2.45) is 0 Å². The molecule has 120 valence electrons. The molecule has 0 amide bonds. The van der Waals surface area contributed by atoms with Crippen molar-refractivity contribution in [3.05, 3.63) is 71.7 Å². The van der Waals surface area contributed by atoms with E-state index in [0.717, 1.165) is 6.26 Å². The van der Waals surface area contributed by atoms with Gasteiger partial charge in [-0.2, -0.15) is 5.43 Å². The van der Waals surface area contributed by atoms with Crippen molar-refractivity contribution in [3.63, 3.8) is 0 Å². The van der Waals surface area contributed by atoms with E-state index in [9.17, 15) is 17.9 Å². The van der Waals surface area contributed by atoms with Crippen molar-refractivity contribution in [2.75, 3.05) is 6.26 Å². The predicted octanol–water partition coefficient (Wildman–Crippen LogP) is 1.52. The lowest BCUT2D eigenvalue weighted by Crippen LogP contribution is -2.43. The largest absolute Gasteiger partial charge is 0.366 e. The molecule has 3 rings (SSSR count). The summed E-state index contributed by atoms with van der Waals surface area (Å²) in [4.78, 5) is 0.170. The van der Waals surface area contributed by atoms with Crippen LogP contribution in [0.1, 0.15) is 11.1 Å². The molecule has 0 spiro atoms. The first-order chi connectivity index (χ1) is 10.8. The number of aliphatic hydroxyl groups is 1. The van der Waals surface area contributed by atoms with E-state index in [1.165, 1.54) is 36.4 Å². The van der Waals surface area contributed by atoms with Gasteiger partial charge in [-0.1, -0.05) is 24.3 Å². The molecule has 1 aliphatic heterocycles. The summed E-state index contributed by atoms with van der Waals surface area (Å²) in [7, 11) is -3.31. The second kappa shape index (κ2) is 5.45. The third-order valence-electron chi connectivity index (χ3n) is 3.71. The first-order valence-electron chi connectivity index (χ1n) is 6.83. The summed E-state index contributed by atoms with van der Waals surface area (Å²) in [5, 5.41) is 11.0. The van der Waals surface area contributed by atoms with Gasteiger partial charge in [-0.15, -0.1) is 0 Å². The topological polar surface area (TPSA) is 78.4 Å². The average molecular weight is 334 g/mol. The van der Waals surface area contributed by atoms with Crippen LogP contribution in [-0.4, -0.2) is 19.8 Å². The highest BCUT2D eigenvalue weighted by Gasteiger charge is 2.38. The molecule has 0 aromatic heterocycles. The van der Waals surface area contributed by atoms with E-state index in [2.05, 4.69) is 10.9 Å². The third kappa shape index (κ3) is 2.86. The third-order valence-corrected chi connectivity index (χ3v) is 4.84. The van der Waals surface area contributed by atoms with Crippen LogP contribution in [0, 0.1) is 5.82 Å². The Morgan fingerprint density at radius 1 is 1.04 bits per heavy atom. The molecule has 0 fully saturated rings. The predicted molar refractivity (Wildman–Crippen MR) is 84.1 cm³/mol. The number of rotatable bonds is 3. The van der Waals surface area contributed by atoms with Crippen molar-refractivity contribution in [2.45, 2.75) is 10.6 Å². The second-order valence-corrected chi connectivity index (χ2v) is 7.36. The van der Waals surface area contributed by atoms with E-state index in [4.69, 9.17) is 0 Å². The van der Waals surface area contributed by atoms with Crippen molar-refractivity contribution >= 4 is 15.4 Å². The molecule has 7 heteroatoms. The van der Waals surface area contributed by atoms with E-state index in [-0.39, 0.29) is 10.7 Å². The first kappa shape index (κ1) is 15.7. The van der Waals surface area contributed by atoms with Gasteiger partial charge in [0.1, 0.15) is 5.82 Å². The molecule has 1 unspecified atom stereocenters. The zero-order valence-corrected chi connectivity index (χ0v) is 13.1. The van der Waals surface area contributed by atoms with Gasteiger partial charge in [0.25, 0.3) is 0 Å². The molecule has 1 heterocycles. The summed E-state index contributed by atoms with van der Waals surface area (Å²) in [5.41, 5.74) is 5.54. The summed E-state index contributed by atoms with van der Waals surface area (Å²) in [6.07, 6.45) is 2.70. The number of nitrogens with one attached hydrogen (secondary N) is 2. The summed E-state index contributed by atoms with van der Waals surface area (Å²) in [6, 6.07) is 11.7. The lowest BCUT2D eigenvalue weighted by Gasteiger charge is -2.27. The summed E-state index contributed by atoms with van der Waals surface area (Å²) >= 11 is 0. The summed E-state index contributed by atoms with van der Waals surface area (Å²) < 4.78 is 36.1. The van der Waals surface area contributed by atoms with Gasteiger partial charge >= 0.3 is 0 Å². The standard InChI is InChI=1S/C16H15FN2O3S/c1-23(21,22)14-8-4-12(5-9-14)16(20)15(10-18-19-16)11-2-6-13(17)7-3-11/h2-10,18-20H,1H3. The highest BCUT2D eigenvalue weighted by Crippen LogP contribution is 2.36. The summed E-state index contributed by atoms with van der Waals surface area (Å²) in [6.45, 7) is 0. The zero-order chi connectivity index (χ0) is 16.7. The van der Waals surface area contributed by atoms with Crippen LogP contribution < -0.4 is 10.9 Å². The lowest BCUT2D eigenvalue weighted by molar-refractivity contribution is 0.0624. The minimum Gasteiger partial charge on any atom is -0.366 e. The van der Waals surface area contributed by atoms with Gasteiger partial charge in [-0.05, 0) is 29.8 Å². The lowest BCUT2D eigenvalue weighted by atomic mass is 9.91. The molecular weight excluding hydrogens is 319 g/mol. The molecule has 0 bridgehead atoms. The van der Waals surface area contributed by atoms with Crippen molar-refractivity contribution < 1.29 is 17.9 Å². The minimum absolute atomic E-state index is 0.170. The molecule has 3 N–H and O–H groups in total. The highest BCUT2D eigenvalue weighted by molar-refractivity contribution is 7.90.